The molecule has 4 rings (SSSR count). The van der Waals surface area contributed by atoms with Crippen LogP contribution in [0.25, 0.3) is 11.4 Å². The van der Waals surface area contributed by atoms with Crippen molar-refractivity contribution in [3.05, 3.63) is 47.5 Å². The number of H-pyrrole nitrogens is 1. The van der Waals surface area contributed by atoms with Crippen molar-refractivity contribution < 1.29 is 9.64 Å². The predicted molar refractivity (Wildman–Crippen MR) is 104 cm³/mol. The second-order valence-electron chi connectivity index (χ2n) is 6.46. The molecular formula is C18H22N7OS+. The molecule has 1 saturated heterocycles. The molecule has 9 heteroatoms. The SMILES string of the molecule is COc1ccc(-c2nc(=S)n(C[NH+]3CCN(c4ncccn4)CC3)[nH]2)cc1. The molecule has 140 valence electrons. The summed E-state index contributed by atoms with van der Waals surface area (Å²) in [6.07, 6.45) is 3.57. The number of rotatable bonds is 5. The highest BCUT2D eigenvalue weighted by molar-refractivity contribution is 7.71. The summed E-state index contributed by atoms with van der Waals surface area (Å²) in [6, 6.07) is 9.62. The largest absolute Gasteiger partial charge is 0.497 e. The van der Waals surface area contributed by atoms with Crippen molar-refractivity contribution in [1.82, 2.24) is 24.7 Å². The first-order chi connectivity index (χ1) is 13.2. The lowest BCUT2D eigenvalue weighted by Crippen LogP contribution is -3.14. The number of hydrogen-bond donors (Lipinski definition) is 2. The number of aromatic amines is 1. The van der Waals surface area contributed by atoms with Crippen LogP contribution < -0.4 is 14.5 Å². The van der Waals surface area contributed by atoms with Crippen LogP contribution in [0.15, 0.2) is 42.7 Å². The minimum Gasteiger partial charge on any atom is -0.497 e. The molecule has 0 radical (unpaired) electrons. The fourth-order valence-corrected chi connectivity index (χ4v) is 3.40. The lowest BCUT2D eigenvalue weighted by Gasteiger charge is -2.31. The van der Waals surface area contributed by atoms with Gasteiger partial charge in [0.2, 0.25) is 10.7 Å². The first-order valence-corrected chi connectivity index (χ1v) is 9.30. The Hall–Kier alpha value is -2.78. The third-order valence-electron chi connectivity index (χ3n) is 4.73. The summed E-state index contributed by atoms with van der Waals surface area (Å²) in [5.74, 6) is 2.40. The number of methoxy groups -OCH3 is 1. The molecule has 0 aliphatic carbocycles. The molecule has 1 aliphatic heterocycles. The number of hydrogen-bond acceptors (Lipinski definition) is 6. The van der Waals surface area contributed by atoms with E-state index in [1.54, 1.807) is 19.5 Å². The van der Waals surface area contributed by atoms with Crippen molar-refractivity contribution in [3.63, 3.8) is 0 Å². The molecule has 0 bridgehead atoms. The molecule has 3 aromatic rings. The predicted octanol–water partition coefficient (Wildman–Crippen LogP) is 0.769. The minimum atomic E-state index is 0.571. The van der Waals surface area contributed by atoms with Crippen LogP contribution in [0, 0.1) is 4.77 Å². The molecule has 0 saturated carbocycles. The van der Waals surface area contributed by atoms with E-state index in [1.165, 1.54) is 4.90 Å². The van der Waals surface area contributed by atoms with Gasteiger partial charge in [0, 0.05) is 18.0 Å². The molecule has 1 aliphatic rings. The molecule has 0 atom stereocenters. The lowest BCUT2D eigenvalue weighted by molar-refractivity contribution is -0.924. The van der Waals surface area contributed by atoms with Gasteiger partial charge >= 0.3 is 0 Å². The number of anilines is 1. The van der Waals surface area contributed by atoms with Gasteiger partial charge in [-0.1, -0.05) is 0 Å². The number of ether oxygens (including phenoxy) is 1. The standard InChI is InChI=1S/C18H21N7OS/c1-26-15-5-3-14(4-6-15)16-21-18(27)25(22-16)13-23-9-11-24(12-10-23)17-19-7-2-8-20-17/h2-8H,9-13H2,1H3,(H,21,22,27)/p+1. The van der Waals surface area contributed by atoms with Crippen molar-refractivity contribution in [3.8, 4) is 17.1 Å². The molecule has 1 fully saturated rings. The Morgan fingerprint density at radius 3 is 2.52 bits per heavy atom. The van der Waals surface area contributed by atoms with Gasteiger partial charge < -0.3 is 14.5 Å². The van der Waals surface area contributed by atoms with Gasteiger partial charge in [0.15, 0.2) is 12.5 Å². The Labute approximate surface area is 162 Å². The van der Waals surface area contributed by atoms with Crippen LogP contribution in [0.1, 0.15) is 0 Å². The van der Waals surface area contributed by atoms with Crippen LogP contribution in [-0.2, 0) is 6.67 Å². The summed E-state index contributed by atoms with van der Waals surface area (Å²) in [7, 11) is 1.66. The maximum atomic E-state index is 5.44. The zero-order chi connectivity index (χ0) is 18.6. The number of aromatic nitrogens is 5. The number of benzene rings is 1. The van der Waals surface area contributed by atoms with E-state index in [4.69, 9.17) is 17.0 Å². The topological polar surface area (TPSA) is 76.3 Å². The fourth-order valence-electron chi connectivity index (χ4n) is 3.20. The highest BCUT2D eigenvalue weighted by Gasteiger charge is 2.22. The minimum absolute atomic E-state index is 0.571. The van der Waals surface area contributed by atoms with Crippen LogP contribution in [-0.4, -0.2) is 58.0 Å². The molecule has 0 spiro atoms. The first kappa shape index (κ1) is 17.6. The van der Waals surface area contributed by atoms with Crippen molar-refractivity contribution in [1.29, 1.82) is 0 Å². The normalized spacial score (nSPS) is 15.1. The van der Waals surface area contributed by atoms with E-state index in [0.717, 1.165) is 55.9 Å². The van der Waals surface area contributed by atoms with Gasteiger partial charge in [0.25, 0.3) is 0 Å². The number of nitrogens with one attached hydrogen (secondary N) is 2. The number of quaternary nitrogens is 1. The van der Waals surface area contributed by atoms with Crippen LogP contribution >= 0.6 is 12.2 Å². The van der Waals surface area contributed by atoms with E-state index in [-0.39, 0.29) is 0 Å². The third-order valence-corrected chi connectivity index (χ3v) is 5.04. The Morgan fingerprint density at radius 2 is 1.85 bits per heavy atom. The molecule has 1 aromatic carbocycles. The second kappa shape index (κ2) is 7.85. The van der Waals surface area contributed by atoms with Crippen LogP contribution in [0.3, 0.4) is 0 Å². The summed E-state index contributed by atoms with van der Waals surface area (Å²) >= 11 is 5.44. The summed E-state index contributed by atoms with van der Waals surface area (Å²) in [4.78, 5) is 16.8. The van der Waals surface area contributed by atoms with E-state index in [9.17, 15) is 0 Å². The van der Waals surface area contributed by atoms with Crippen molar-refractivity contribution in [2.45, 2.75) is 6.67 Å². The smallest absolute Gasteiger partial charge is 0.225 e. The Balaban J connectivity index is 1.40. The van der Waals surface area contributed by atoms with Crippen molar-refractivity contribution >= 4 is 18.2 Å². The molecule has 0 unspecified atom stereocenters. The molecule has 2 aromatic heterocycles. The molecular weight excluding hydrogens is 362 g/mol. The first-order valence-electron chi connectivity index (χ1n) is 8.90. The van der Waals surface area contributed by atoms with Gasteiger partial charge in [0.05, 0.1) is 33.3 Å². The Kier molecular flexibility index (Phi) is 5.12. The van der Waals surface area contributed by atoms with Gasteiger partial charge in [-0.3, -0.25) is 5.10 Å². The molecule has 27 heavy (non-hydrogen) atoms. The van der Waals surface area contributed by atoms with E-state index >= 15 is 0 Å². The zero-order valence-electron chi connectivity index (χ0n) is 15.1. The van der Waals surface area contributed by atoms with Gasteiger partial charge in [-0.05, 0) is 42.5 Å². The Morgan fingerprint density at radius 1 is 1.15 bits per heavy atom. The number of piperazine rings is 1. The number of nitrogens with zero attached hydrogens (tertiary/aromatic N) is 5. The van der Waals surface area contributed by atoms with E-state index < -0.39 is 0 Å². The van der Waals surface area contributed by atoms with Gasteiger partial charge in [-0.15, -0.1) is 0 Å². The molecule has 8 nitrogen and oxygen atoms in total. The van der Waals surface area contributed by atoms with Crippen molar-refractivity contribution in [2.24, 2.45) is 0 Å². The molecule has 2 N–H and O–H groups in total. The summed E-state index contributed by atoms with van der Waals surface area (Å²) in [5, 5.41) is 3.33. The maximum absolute atomic E-state index is 5.44. The van der Waals surface area contributed by atoms with Gasteiger partial charge in [-0.2, -0.15) is 4.98 Å². The Bertz CT molecular complexity index is 930. The highest BCUT2D eigenvalue weighted by atomic mass is 32.1. The average molecular weight is 384 g/mol. The quantitative estimate of drug-likeness (QED) is 0.633. The van der Waals surface area contributed by atoms with Crippen LogP contribution in [0.2, 0.25) is 0 Å². The van der Waals surface area contributed by atoms with Crippen LogP contribution in [0.4, 0.5) is 5.95 Å². The lowest BCUT2D eigenvalue weighted by atomic mass is 10.2. The summed E-state index contributed by atoms with van der Waals surface area (Å²) < 4.78 is 7.72. The van der Waals surface area contributed by atoms with Crippen LogP contribution in [0.5, 0.6) is 5.75 Å². The van der Waals surface area contributed by atoms with E-state index in [0.29, 0.717) is 4.77 Å². The molecule has 3 heterocycles. The second-order valence-corrected chi connectivity index (χ2v) is 6.82. The third kappa shape index (κ3) is 3.99. The van der Waals surface area contributed by atoms with Gasteiger partial charge in [-0.25, -0.2) is 14.6 Å². The summed E-state index contributed by atoms with van der Waals surface area (Å²) in [6.45, 7) is 4.61. The zero-order valence-corrected chi connectivity index (χ0v) is 15.9. The monoisotopic (exact) mass is 384 g/mol. The molecule has 0 amide bonds. The highest BCUT2D eigenvalue weighted by Crippen LogP contribution is 2.18. The fraction of sp³-hybridized carbons (Fsp3) is 0.333. The van der Waals surface area contributed by atoms with Crippen molar-refractivity contribution in [2.75, 3.05) is 38.2 Å². The average Bonchev–Trinajstić information content (AvgIpc) is 3.09. The van der Waals surface area contributed by atoms with Gasteiger partial charge in [0.1, 0.15) is 5.75 Å². The van der Waals surface area contributed by atoms with E-state index in [1.807, 2.05) is 35.0 Å². The summed E-state index contributed by atoms with van der Waals surface area (Å²) in [5.41, 5.74) is 0.988. The maximum Gasteiger partial charge on any atom is 0.225 e. The van der Waals surface area contributed by atoms with E-state index in [2.05, 4.69) is 25.0 Å².